The number of aromatic nitrogens is 2. The predicted octanol–water partition coefficient (Wildman–Crippen LogP) is 4.60. The molecule has 1 N–H and O–H groups in total. The van der Waals surface area contributed by atoms with Gasteiger partial charge in [0.15, 0.2) is 0 Å². The van der Waals surface area contributed by atoms with Crippen molar-refractivity contribution in [1.29, 1.82) is 0 Å². The molecule has 0 bridgehead atoms. The standard InChI is InChI=1S/C17H12Cl2N2O2/c18-13-5-1-11(2-6-13)10-21-16(17(22)23)9-15(20-21)12-3-7-14(19)8-4-12/h1-9H,10H2,(H,22,23). The van der Waals surface area contributed by atoms with E-state index >= 15 is 0 Å². The molecule has 3 rings (SSSR count). The number of carbonyl (C=O) groups is 1. The zero-order valence-corrected chi connectivity index (χ0v) is 13.4. The molecule has 6 heteroatoms. The number of nitrogens with zero attached hydrogens (tertiary/aromatic N) is 2. The summed E-state index contributed by atoms with van der Waals surface area (Å²) in [7, 11) is 0. The van der Waals surface area contributed by atoms with E-state index in [1.165, 1.54) is 4.68 Å². The molecule has 0 spiro atoms. The Morgan fingerprint density at radius 2 is 1.57 bits per heavy atom. The van der Waals surface area contributed by atoms with Crippen molar-refractivity contribution >= 4 is 29.2 Å². The highest BCUT2D eigenvalue weighted by Gasteiger charge is 2.15. The van der Waals surface area contributed by atoms with Crippen molar-refractivity contribution in [3.05, 3.63) is 75.9 Å². The molecule has 0 aliphatic rings. The third kappa shape index (κ3) is 3.55. The molecule has 1 aromatic heterocycles. The summed E-state index contributed by atoms with van der Waals surface area (Å²) < 4.78 is 1.47. The Kier molecular flexibility index (Phi) is 4.37. The largest absolute Gasteiger partial charge is 0.477 e. The lowest BCUT2D eigenvalue weighted by molar-refractivity contribution is 0.0684. The van der Waals surface area contributed by atoms with Gasteiger partial charge in [-0.3, -0.25) is 4.68 Å². The summed E-state index contributed by atoms with van der Waals surface area (Å²) in [5, 5.41) is 15.1. The van der Waals surface area contributed by atoms with Crippen LogP contribution in [0.4, 0.5) is 0 Å². The number of aromatic carboxylic acids is 1. The fraction of sp³-hybridized carbons (Fsp3) is 0.0588. The fourth-order valence-electron chi connectivity index (χ4n) is 2.23. The lowest BCUT2D eigenvalue weighted by Crippen LogP contribution is -2.10. The molecular weight excluding hydrogens is 335 g/mol. The molecule has 0 aliphatic carbocycles. The maximum Gasteiger partial charge on any atom is 0.354 e. The number of hydrogen-bond acceptors (Lipinski definition) is 2. The first-order chi connectivity index (χ1) is 11.0. The Bertz CT molecular complexity index is 840. The van der Waals surface area contributed by atoms with Crippen LogP contribution in [0.15, 0.2) is 54.6 Å². The summed E-state index contributed by atoms with van der Waals surface area (Å²) in [6, 6.07) is 15.9. The van der Waals surface area contributed by atoms with E-state index in [9.17, 15) is 9.90 Å². The first-order valence-electron chi connectivity index (χ1n) is 6.84. The maximum absolute atomic E-state index is 11.5. The van der Waals surface area contributed by atoms with Crippen LogP contribution in [0, 0.1) is 0 Å². The molecule has 23 heavy (non-hydrogen) atoms. The molecule has 0 saturated heterocycles. The van der Waals surface area contributed by atoms with Crippen LogP contribution in [0.25, 0.3) is 11.3 Å². The van der Waals surface area contributed by atoms with Gasteiger partial charge in [0.2, 0.25) is 0 Å². The Labute approximate surface area is 142 Å². The quantitative estimate of drug-likeness (QED) is 0.750. The molecule has 0 amide bonds. The van der Waals surface area contributed by atoms with E-state index in [2.05, 4.69) is 5.10 Å². The molecule has 4 nitrogen and oxygen atoms in total. The first-order valence-corrected chi connectivity index (χ1v) is 7.60. The zero-order chi connectivity index (χ0) is 16.4. The second-order valence-electron chi connectivity index (χ2n) is 5.01. The third-order valence-corrected chi connectivity index (χ3v) is 3.89. The van der Waals surface area contributed by atoms with Gasteiger partial charge in [-0.05, 0) is 35.9 Å². The van der Waals surface area contributed by atoms with Crippen LogP contribution in [-0.2, 0) is 6.54 Å². The lowest BCUT2D eigenvalue weighted by atomic mass is 10.1. The van der Waals surface area contributed by atoms with Gasteiger partial charge in [-0.25, -0.2) is 4.79 Å². The van der Waals surface area contributed by atoms with Crippen molar-refractivity contribution in [3.63, 3.8) is 0 Å². The van der Waals surface area contributed by atoms with E-state index in [1.807, 2.05) is 24.3 Å². The monoisotopic (exact) mass is 346 g/mol. The minimum Gasteiger partial charge on any atom is -0.477 e. The van der Waals surface area contributed by atoms with Crippen molar-refractivity contribution in [1.82, 2.24) is 9.78 Å². The van der Waals surface area contributed by atoms with Crippen molar-refractivity contribution in [2.75, 3.05) is 0 Å². The van der Waals surface area contributed by atoms with E-state index in [1.54, 1.807) is 30.3 Å². The van der Waals surface area contributed by atoms with Gasteiger partial charge in [0.05, 0.1) is 12.2 Å². The molecule has 0 fully saturated rings. The predicted molar refractivity (Wildman–Crippen MR) is 90.2 cm³/mol. The van der Waals surface area contributed by atoms with Crippen LogP contribution >= 0.6 is 23.2 Å². The van der Waals surface area contributed by atoms with Crippen molar-refractivity contribution in [2.45, 2.75) is 6.54 Å². The van der Waals surface area contributed by atoms with Gasteiger partial charge >= 0.3 is 5.97 Å². The van der Waals surface area contributed by atoms with Crippen LogP contribution in [-0.4, -0.2) is 20.9 Å². The molecule has 0 aliphatic heterocycles. The van der Waals surface area contributed by atoms with E-state index in [0.717, 1.165) is 11.1 Å². The van der Waals surface area contributed by atoms with Crippen molar-refractivity contribution in [2.24, 2.45) is 0 Å². The molecule has 3 aromatic rings. The number of carboxylic acids is 1. The minimum atomic E-state index is -1.02. The van der Waals surface area contributed by atoms with Crippen LogP contribution < -0.4 is 0 Å². The molecular formula is C17H12Cl2N2O2. The first kappa shape index (κ1) is 15.6. The van der Waals surface area contributed by atoms with Gasteiger partial charge in [0, 0.05) is 15.6 Å². The molecule has 116 valence electrons. The van der Waals surface area contributed by atoms with Crippen LogP contribution in [0.3, 0.4) is 0 Å². The van der Waals surface area contributed by atoms with Crippen molar-refractivity contribution < 1.29 is 9.90 Å². The average Bonchev–Trinajstić information content (AvgIpc) is 2.94. The Hall–Kier alpha value is -2.30. The molecule has 1 heterocycles. The Morgan fingerprint density at radius 3 is 2.13 bits per heavy atom. The van der Waals surface area contributed by atoms with E-state index in [0.29, 0.717) is 22.3 Å². The minimum absolute atomic E-state index is 0.130. The smallest absolute Gasteiger partial charge is 0.354 e. The Balaban J connectivity index is 1.97. The van der Waals surface area contributed by atoms with Gasteiger partial charge in [-0.1, -0.05) is 47.5 Å². The van der Waals surface area contributed by atoms with E-state index in [-0.39, 0.29) is 5.69 Å². The summed E-state index contributed by atoms with van der Waals surface area (Å²) in [5.74, 6) is -1.02. The number of carboxylic acid groups (broad SMARTS) is 1. The molecule has 0 saturated carbocycles. The molecule has 0 radical (unpaired) electrons. The van der Waals surface area contributed by atoms with Crippen molar-refractivity contribution in [3.8, 4) is 11.3 Å². The SMILES string of the molecule is O=C(O)c1cc(-c2ccc(Cl)cc2)nn1Cc1ccc(Cl)cc1. The summed E-state index contributed by atoms with van der Waals surface area (Å²) in [4.78, 5) is 11.5. The second-order valence-corrected chi connectivity index (χ2v) is 5.88. The number of hydrogen-bond donors (Lipinski definition) is 1. The van der Waals surface area contributed by atoms with E-state index in [4.69, 9.17) is 23.2 Å². The number of benzene rings is 2. The van der Waals surface area contributed by atoms with Gasteiger partial charge in [-0.2, -0.15) is 5.10 Å². The highest BCUT2D eigenvalue weighted by molar-refractivity contribution is 6.30. The van der Waals surface area contributed by atoms with Crippen LogP contribution in [0.2, 0.25) is 10.0 Å². The van der Waals surface area contributed by atoms with Gasteiger partial charge < -0.3 is 5.11 Å². The zero-order valence-electron chi connectivity index (χ0n) is 11.9. The van der Waals surface area contributed by atoms with Gasteiger partial charge in [0.1, 0.15) is 5.69 Å². The fourth-order valence-corrected chi connectivity index (χ4v) is 2.49. The third-order valence-electron chi connectivity index (χ3n) is 3.38. The van der Waals surface area contributed by atoms with Gasteiger partial charge in [-0.15, -0.1) is 0 Å². The maximum atomic E-state index is 11.5. The van der Waals surface area contributed by atoms with E-state index < -0.39 is 5.97 Å². The Morgan fingerprint density at radius 1 is 1.00 bits per heavy atom. The molecule has 0 unspecified atom stereocenters. The number of halogens is 2. The summed E-state index contributed by atoms with van der Waals surface area (Å²) in [6.45, 7) is 0.354. The van der Waals surface area contributed by atoms with Crippen LogP contribution in [0.5, 0.6) is 0 Å². The van der Waals surface area contributed by atoms with Crippen LogP contribution in [0.1, 0.15) is 16.1 Å². The average molecular weight is 347 g/mol. The highest BCUT2D eigenvalue weighted by atomic mass is 35.5. The van der Waals surface area contributed by atoms with Gasteiger partial charge in [0.25, 0.3) is 0 Å². The second kappa shape index (κ2) is 6.44. The molecule has 2 aromatic carbocycles. The lowest BCUT2D eigenvalue weighted by Gasteiger charge is -2.05. The molecule has 0 atom stereocenters. The number of rotatable bonds is 4. The topological polar surface area (TPSA) is 55.1 Å². The highest BCUT2D eigenvalue weighted by Crippen LogP contribution is 2.22. The summed E-state index contributed by atoms with van der Waals surface area (Å²) in [5.41, 5.74) is 2.45. The normalized spacial score (nSPS) is 10.7. The summed E-state index contributed by atoms with van der Waals surface area (Å²) >= 11 is 11.7. The summed E-state index contributed by atoms with van der Waals surface area (Å²) in [6.07, 6.45) is 0.